The van der Waals surface area contributed by atoms with Crippen molar-refractivity contribution in [2.45, 2.75) is 18.9 Å². The van der Waals surface area contributed by atoms with Crippen molar-refractivity contribution >= 4 is 44.9 Å². The molecule has 12 nitrogen and oxygen atoms in total. The first-order valence-corrected chi connectivity index (χ1v) is 11.8. The van der Waals surface area contributed by atoms with Crippen molar-refractivity contribution < 1.29 is 14.4 Å². The summed E-state index contributed by atoms with van der Waals surface area (Å²) in [7, 11) is 4.62. The zero-order chi connectivity index (χ0) is 26.4. The molecule has 2 aromatic heterocycles. The fourth-order valence-corrected chi connectivity index (χ4v) is 5.29. The van der Waals surface area contributed by atoms with Gasteiger partial charge < -0.3 is 14.4 Å². The van der Waals surface area contributed by atoms with Gasteiger partial charge in [-0.25, -0.2) is 14.8 Å². The number of hydrogen-bond acceptors (Lipinski definition) is 9. The van der Waals surface area contributed by atoms with Gasteiger partial charge in [0.25, 0.3) is 11.2 Å². The molecule has 37 heavy (non-hydrogen) atoms. The lowest BCUT2D eigenvalue weighted by atomic mass is 10.0. The summed E-state index contributed by atoms with van der Waals surface area (Å²) < 4.78 is 13.3. The van der Waals surface area contributed by atoms with E-state index in [2.05, 4.69) is 14.9 Å². The largest absolute Gasteiger partial charge is 0.493 e. The minimum absolute atomic E-state index is 0.0226. The van der Waals surface area contributed by atoms with Gasteiger partial charge in [-0.2, -0.15) is 0 Å². The smallest absolute Gasteiger partial charge is 0.331 e. The average Bonchev–Trinajstić information content (AvgIpc) is 2.90. The number of ether oxygens (including phenoxy) is 2. The molecule has 0 aliphatic carbocycles. The van der Waals surface area contributed by atoms with Gasteiger partial charge in [-0.3, -0.25) is 24.0 Å². The fourth-order valence-electron chi connectivity index (χ4n) is 4.95. The predicted octanol–water partition coefficient (Wildman–Crippen LogP) is 3.06. The Bertz CT molecular complexity index is 1680. The molecule has 0 saturated carbocycles. The molecule has 0 unspecified atom stereocenters. The SMILES string of the molecule is COc1cc2ncnc(N3CCC(n4c(=O)c5cc([N+](=O)[O-])cc(Cl)c5n(C)c4=O)CC3)c2cc1OC. The highest BCUT2D eigenvalue weighted by Gasteiger charge is 2.28. The van der Waals surface area contributed by atoms with Crippen molar-refractivity contribution in [3.05, 3.63) is 66.6 Å². The van der Waals surface area contributed by atoms with Crippen molar-refractivity contribution in [1.29, 1.82) is 0 Å². The quantitative estimate of drug-likeness (QED) is 0.284. The maximum Gasteiger partial charge on any atom is 0.331 e. The predicted molar refractivity (Wildman–Crippen MR) is 138 cm³/mol. The van der Waals surface area contributed by atoms with E-state index in [1.807, 2.05) is 6.07 Å². The molecule has 1 saturated heterocycles. The molecule has 5 rings (SSSR count). The highest BCUT2D eigenvalue weighted by Crippen LogP contribution is 2.36. The van der Waals surface area contributed by atoms with Crippen LogP contribution in [0.4, 0.5) is 11.5 Å². The van der Waals surface area contributed by atoms with Crippen LogP contribution >= 0.6 is 11.6 Å². The third-order valence-corrected chi connectivity index (χ3v) is 7.07. The molecular formula is C24H23ClN6O6. The van der Waals surface area contributed by atoms with E-state index < -0.39 is 22.2 Å². The Kier molecular flexibility index (Phi) is 6.20. The lowest BCUT2D eigenvalue weighted by molar-refractivity contribution is -0.384. The van der Waals surface area contributed by atoms with Crippen LogP contribution in [-0.2, 0) is 7.05 Å². The van der Waals surface area contributed by atoms with Gasteiger partial charge in [-0.05, 0) is 18.9 Å². The van der Waals surface area contributed by atoms with Gasteiger partial charge in [0, 0.05) is 49.8 Å². The number of methoxy groups -OCH3 is 2. The number of fused-ring (bicyclic) bond motifs is 2. The van der Waals surface area contributed by atoms with Gasteiger partial charge in [0.1, 0.15) is 12.1 Å². The van der Waals surface area contributed by atoms with Crippen LogP contribution in [0.1, 0.15) is 18.9 Å². The first kappa shape index (κ1) is 24.5. The first-order chi connectivity index (χ1) is 17.7. The zero-order valence-corrected chi connectivity index (χ0v) is 21.1. The molecule has 0 bridgehead atoms. The second-order valence-electron chi connectivity index (χ2n) is 8.74. The molecule has 0 radical (unpaired) electrons. The normalized spacial score (nSPS) is 14.3. The summed E-state index contributed by atoms with van der Waals surface area (Å²) in [6, 6.07) is 5.53. The molecule has 2 aromatic carbocycles. The van der Waals surface area contributed by atoms with Crippen LogP contribution in [0, 0.1) is 10.1 Å². The lowest BCUT2D eigenvalue weighted by Crippen LogP contribution is -2.45. The highest BCUT2D eigenvalue weighted by molar-refractivity contribution is 6.35. The maximum absolute atomic E-state index is 13.4. The van der Waals surface area contributed by atoms with Crippen LogP contribution in [0.5, 0.6) is 11.5 Å². The topological polar surface area (TPSA) is 135 Å². The average molecular weight is 527 g/mol. The van der Waals surface area contributed by atoms with Crippen LogP contribution in [0.2, 0.25) is 5.02 Å². The lowest BCUT2D eigenvalue weighted by Gasteiger charge is -2.34. The van der Waals surface area contributed by atoms with Crippen LogP contribution in [0.15, 0.2) is 40.2 Å². The molecule has 0 spiro atoms. The number of halogens is 1. The maximum atomic E-state index is 13.4. The van der Waals surface area contributed by atoms with Crippen molar-refractivity contribution in [2.75, 3.05) is 32.2 Å². The molecule has 0 amide bonds. The molecule has 192 valence electrons. The van der Waals surface area contributed by atoms with Gasteiger partial charge in [0.05, 0.1) is 40.6 Å². The number of non-ortho nitro benzene ring substituents is 1. The summed E-state index contributed by atoms with van der Waals surface area (Å²) in [5.74, 6) is 1.83. The molecule has 3 heterocycles. The Hall–Kier alpha value is -4.19. The van der Waals surface area contributed by atoms with E-state index in [-0.39, 0.29) is 21.6 Å². The number of nitro groups is 1. The summed E-state index contributed by atoms with van der Waals surface area (Å²) in [5.41, 5.74) is -0.546. The van der Waals surface area contributed by atoms with E-state index in [0.29, 0.717) is 48.8 Å². The summed E-state index contributed by atoms with van der Waals surface area (Å²) in [6.07, 6.45) is 2.46. The summed E-state index contributed by atoms with van der Waals surface area (Å²) in [4.78, 5) is 48.2. The molecular weight excluding hydrogens is 504 g/mol. The monoisotopic (exact) mass is 526 g/mol. The second kappa shape index (κ2) is 9.36. The van der Waals surface area contributed by atoms with Gasteiger partial charge in [-0.1, -0.05) is 11.6 Å². The van der Waals surface area contributed by atoms with E-state index in [4.69, 9.17) is 21.1 Å². The standard InChI is InChI=1S/C24H23ClN6O6/c1-28-21-16(8-14(31(34)35)9-17(21)25)23(32)30(24(28)33)13-4-6-29(7-5-13)22-15-10-19(36-2)20(37-3)11-18(15)26-12-27-22/h8-13H,4-7H2,1-3H3. The van der Waals surface area contributed by atoms with Crippen molar-refractivity contribution in [2.24, 2.45) is 7.05 Å². The Morgan fingerprint density at radius 3 is 2.35 bits per heavy atom. The first-order valence-electron chi connectivity index (χ1n) is 11.5. The minimum atomic E-state index is -0.616. The Morgan fingerprint density at radius 1 is 1.03 bits per heavy atom. The van der Waals surface area contributed by atoms with Crippen LogP contribution in [0.25, 0.3) is 21.8 Å². The van der Waals surface area contributed by atoms with Crippen LogP contribution in [-0.4, -0.2) is 51.3 Å². The Balaban J connectivity index is 1.51. The molecule has 4 aromatic rings. The molecule has 0 atom stereocenters. The number of hydrogen-bond donors (Lipinski definition) is 0. The molecule has 13 heteroatoms. The van der Waals surface area contributed by atoms with Crippen molar-refractivity contribution in [1.82, 2.24) is 19.1 Å². The Labute approximate surface area is 214 Å². The van der Waals surface area contributed by atoms with E-state index in [0.717, 1.165) is 11.5 Å². The van der Waals surface area contributed by atoms with Crippen LogP contribution in [0.3, 0.4) is 0 Å². The number of aromatic nitrogens is 4. The number of nitro benzene ring substituents is 1. The molecule has 1 aliphatic heterocycles. The summed E-state index contributed by atoms with van der Waals surface area (Å²) in [5, 5.41) is 12.1. The van der Waals surface area contributed by atoms with E-state index in [1.165, 1.54) is 28.6 Å². The minimum Gasteiger partial charge on any atom is -0.493 e. The Morgan fingerprint density at radius 2 is 1.70 bits per heavy atom. The third-order valence-electron chi connectivity index (χ3n) is 6.79. The van der Waals surface area contributed by atoms with Crippen molar-refractivity contribution in [3.8, 4) is 11.5 Å². The number of rotatable bonds is 5. The van der Waals surface area contributed by atoms with Crippen LogP contribution < -0.4 is 25.6 Å². The van der Waals surface area contributed by atoms with E-state index >= 15 is 0 Å². The zero-order valence-electron chi connectivity index (χ0n) is 20.3. The number of piperidine rings is 1. The van der Waals surface area contributed by atoms with E-state index in [1.54, 1.807) is 20.3 Å². The summed E-state index contributed by atoms with van der Waals surface area (Å²) >= 11 is 6.22. The molecule has 0 N–H and O–H groups in total. The second-order valence-corrected chi connectivity index (χ2v) is 9.14. The van der Waals surface area contributed by atoms with Gasteiger partial charge >= 0.3 is 5.69 Å². The van der Waals surface area contributed by atoms with Gasteiger partial charge in [0.15, 0.2) is 11.5 Å². The third kappa shape index (κ3) is 4.02. The highest BCUT2D eigenvalue weighted by atomic mass is 35.5. The van der Waals surface area contributed by atoms with E-state index in [9.17, 15) is 19.7 Å². The molecule has 1 fully saturated rings. The number of aryl methyl sites for hydroxylation is 1. The number of benzene rings is 2. The van der Waals surface area contributed by atoms with Crippen molar-refractivity contribution in [3.63, 3.8) is 0 Å². The van der Waals surface area contributed by atoms with Gasteiger partial charge in [-0.15, -0.1) is 0 Å². The molecule has 1 aliphatic rings. The number of nitrogens with zero attached hydrogens (tertiary/aromatic N) is 6. The number of anilines is 1. The van der Waals surface area contributed by atoms with Gasteiger partial charge in [0.2, 0.25) is 0 Å². The fraction of sp³-hybridized carbons (Fsp3) is 0.333. The summed E-state index contributed by atoms with van der Waals surface area (Å²) in [6.45, 7) is 1.04.